The highest BCUT2D eigenvalue weighted by molar-refractivity contribution is 7.91. The van der Waals surface area contributed by atoms with Crippen molar-refractivity contribution in [2.75, 3.05) is 18.5 Å². The van der Waals surface area contributed by atoms with Crippen LogP contribution < -0.4 is 10.1 Å². The van der Waals surface area contributed by atoms with Crippen molar-refractivity contribution in [3.63, 3.8) is 0 Å². The lowest BCUT2D eigenvalue weighted by Gasteiger charge is -2.09. The number of anilines is 1. The molecule has 10 heteroatoms. The Kier molecular flexibility index (Phi) is 7.66. The summed E-state index contributed by atoms with van der Waals surface area (Å²) in [6.07, 6.45) is -0.0538. The number of para-hydroxylation sites is 1. The minimum Gasteiger partial charge on any atom is -0.493 e. The summed E-state index contributed by atoms with van der Waals surface area (Å²) >= 11 is 0. The maximum Gasteiger partial charge on any atom is 0.341 e. The van der Waals surface area contributed by atoms with Gasteiger partial charge in [0, 0.05) is 5.69 Å². The molecule has 0 aliphatic heterocycles. The molecule has 29 heavy (non-hydrogen) atoms. The molecule has 0 radical (unpaired) electrons. The first-order chi connectivity index (χ1) is 13.7. The van der Waals surface area contributed by atoms with Gasteiger partial charge in [0.1, 0.15) is 5.75 Å². The van der Waals surface area contributed by atoms with E-state index in [1.165, 1.54) is 0 Å². The first kappa shape index (κ1) is 22.3. The van der Waals surface area contributed by atoms with Crippen molar-refractivity contribution >= 4 is 27.4 Å². The summed E-state index contributed by atoms with van der Waals surface area (Å²) in [6, 6.07) is 11.5. The van der Waals surface area contributed by atoms with E-state index >= 15 is 0 Å². The number of hydrogen-bond donors (Lipinski definition) is 1. The van der Waals surface area contributed by atoms with Crippen LogP contribution in [0.25, 0.3) is 0 Å². The zero-order valence-corrected chi connectivity index (χ0v) is 16.2. The first-order valence-electron chi connectivity index (χ1n) is 8.46. The first-order valence-corrected chi connectivity index (χ1v) is 10.0. The second-order valence-corrected chi connectivity index (χ2v) is 7.82. The molecule has 0 aliphatic rings. The van der Waals surface area contributed by atoms with Crippen LogP contribution >= 0.6 is 0 Å². The van der Waals surface area contributed by atoms with Gasteiger partial charge >= 0.3 is 11.7 Å². The van der Waals surface area contributed by atoms with E-state index in [-0.39, 0.29) is 18.7 Å². The van der Waals surface area contributed by atoms with E-state index in [9.17, 15) is 26.8 Å². The number of aryl methyl sites for hydroxylation is 1. The van der Waals surface area contributed by atoms with Gasteiger partial charge in [-0.2, -0.15) is 8.78 Å². The molecule has 156 valence electrons. The Morgan fingerprint density at radius 2 is 1.72 bits per heavy atom. The molecule has 2 aromatic carbocycles. The van der Waals surface area contributed by atoms with Crippen molar-refractivity contribution in [3.05, 3.63) is 54.1 Å². The molecule has 0 unspecified atom stereocenters. The number of halogens is 2. The number of rotatable bonds is 9. The Morgan fingerprint density at radius 1 is 1.07 bits per heavy atom. The predicted octanol–water partition coefficient (Wildman–Crippen LogP) is 2.94. The van der Waals surface area contributed by atoms with Crippen molar-refractivity contribution in [3.8, 4) is 5.75 Å². The summed E-state index contributed by atoms with van der Waals surface area (Å²) in [7, 11) is -4.70. The molecule has 0 atom stereocenters. The van der Waals surface area contributed by atoms with Gasteiger partial charge in [-0.25, -0.2) is 8.42 Å². The van der Waals surface area contributed by atoms with Gasteiger partial charge in [0.15, 0.2) is 6.61 Å². The van der Waals surface area contributed by atoms with Crippen molar-refractivity contribution in [2.45, 2.75) is 24.0 Å². The number of benzene rings is 2. The van der Waals surface area contributed by atoms with Gasteiger partial charge in [-0.1, -0.05) is 18.2 Å². The number of alkyl halides is 2. The number of ether oxygens (including phenoxy) is 2. The van der Waals surface area contributed by atoms with Gasteiger partial charge in [0.2, 0.25) is 9.84 Å². The van der Waals surface area contributed by atoms with Gasteiger partial charge in [-0.3, -0.25) is 9.59 Å². The third kappa shape index (κ3) is 6.53. The molecule has 2 rings (SSSR count). The maximum absolute atomic E-state index is 12.5. The highest BCUT2D eigenvalue weighted by atomic mass is 32.2. The van der Waals surface area contributed by atoms with Crippen LogP contribution in [-0.4, -0.2) is 39.3 Å². The summed E-state index contributed by atoms with van der Waals surface area (Å²) in [4.78, 5) is 22.9. The standard InChI is InChI=1S/C19H19F2NO6S/c1-13-4-2-3-5-16(13)27-11-10-18(24)28-12-17(23)22-14-6-8-15(9-7-14)29(25,26)19(20)21/h2-9,19H,10-12H2,1H3,(H,22,23). The molecule has 2 aromatic rings. The van der Waals surface area contributed by atoms with Crippen LogP contribution in [0.2, 0.25) is 0 Å². The summed E-state index contributed by atoms with van der Waals surface area (Å²) in [5.74, 6) is -4.18. The molecule has 0 aromatic heterocycles. The molecule has 0 heterocycles. The lowest BCUT2D eigenvalue weighted by Crippen LogP contribution is -2.21. The summed E-state index contributed by atoms with van der Waals surface area (Å²) < 4.78 is 57.9. The number of carbonyl (C=O) groups is 2. The van der Waals surface area contributed by atoms with Gasteiger partial charge in [-0.05, 0) is 42.8 Å². The lowest BCUT2D eigenvalue weighted by atomic mass is 10.2. The smallest absolute Gasteiger partial charge is 0.341 e. The zero-order valence-electron chi connectivity index (χ0n) is 15.4. The molecule has 0 bridgehead atoms. The van der Waals surface area contributed by atoms with Crippen molar-refractivity contribution in [1.82, 2.24) is 0 Å². The van der Waals surface area contributed by atoms with Gasteiger partial charge in [-0.15, -0.1) is 0 Å². The zero-order chi connectivity index (χ0) is 21.4. The van der Waals surface area contributed by atoms with Crippen LogP contribution in [0, 0.1) is 6.92 Å². The number of sulfone groups is 1. The molecule has 0 aliphatic carbocycles. The Hall–Kier alpha value is -3.01. The average molecular weight is 427 g/mol. The van der Waals surface area contributed by atoms with Crippen molar-refractivity contribution < 1.29 is 36.3 Å². The summed E-state index contributed by atoms with van der Waals surface area (Å²) in [5, 5.41) is 2.36. The normalized spacial score (nSPS) is 11.2. The molecular formula is C19H19F2NO6S. The van der Waals surface area contributed by atoms with Crippen molar-refractivity contribution in [2.24, 2.45) is 0 Å². The monoisotopic (exact) mass is 427 g/mol. The van der Waals surface area contributed by atoms with Gasteiger partial charge in [0.25, 0.3) is 5.91 Å². The average Bonchev–Trinajstić information content (AvgIpc) is 2.68. The largest absolute Gasteiger partial charge is 0.493 e. The molecular weight excluding hydrogens is 408 g/mol. The van der Waals surface area contributed by atoms with E-state index in [1.807, 2.05) is 19.1 Å². The Morgan fingerprint density at radius 3 is 2.34 bits per heavy atom. The van der Waals surface area contributed by atoms with Crippen molar-refractivity contribution in [1.29, 1.82) is 0 Å². The quantitative estimate of drug-likeness (QED) is 0.618. The Labute approximate surface area is 166 Å². The maximum atomic E-state index is 12.5. The third-order valence-electron chi connectivity index (χ3n) is 3.72. The minimum absolute atomic E-state index is 0.0538. The van der Waals surface area contributed by atoms with E-state index < -0.39 is 39.0 Å². The number of hydrogen-bond acceptors (Lipinski definition) is 6. The van der Waals surface area contributed by atoms with Crippen LogP contribution in [0.1, 0.15) is 12.0 Å². The van der Waals surface area contributed by atoms with Crippen LogP contribution in [0.3, 0.4) is 0 Å². The molecule has 1 N–H and O–H groups in total. The third-order valence-corrected chi connectivity index (χ3v) is 5.12. The second kappa shape index (κ2) is 9.97. The fourth-order valence-electron chi connectivity index (χ4n) is 2.21. The van der Waals surface area contributed by atoms with Gasteiger partial charge < -0.3 is 14.8 Å². The number of carbonyl (C=O) groups excluding carboxylic acids is 2. The van der Waals surface area contributed by atoms with Gasteiger partial charge in [0.05, 0.1) is 17.9 Å². The fraction of sp³-hybridized carbons (Fsp3) is 0.263. The number of amides is 1. The van der Waals surface area contributed by atoms with Crippen LogP contribution in [0.15, 0.2) is 53.4 Å². The summed E-state index contributed by atoms with van der Waals surface area (Å²) in [6.45, 7) is 1.40. The van der Waals surface area contributed by atoms with E-state index in [2.05, 4.69) is 5.32 Å². The number of nitrogens with one attached hydrogen (secondary N) is 1. The van der Waals surface area contributed by atoms with E-state index in [0.717, 1.165) is 29.8 Å². The Balaban J connectivity index is 1.75. The highest BCUT2D eigenvalue weighted by Crippen LogP contribution is 2.20. The van der Waals surface area contributed by atoms with E-state index in [0.29, 0.717) is 5.75 Å². The fourth-order valence-corrected chi connectivity index (χ4v) is 2.93. The highest BCUT2D eigenvalue weighted by Gasteiger charge is 2.26. The van der Waals surface area contributed by atoms with E-state index in [1.54, 1.807) is 12.1 Å². The Bertz CT molecular complexity index is 961. The summed E-state index contributed by atoms with van der Waals surface area (Å²) in [5.41, 5.74) is 1.09. The predicted molar refractivity (Wildman–Crippen MR) is 101 cm³/mol. The molecule has 0 fully saturated rings. The minimum atomic E-state index is -4.70. The molecule has 1 amide bonds. The van der Waals surface area contributed by atoms with Crippen LogP contribution in [-0.2, 0) is 24.2 Å². The molecule has 7 nitrogen and oxygen atoms in total. The molecule has 0 spiro atoms. The van der Waals surface area contributed by atoms with Crippen LogP contribution in [0.4, 0.5) is 14.5 Å². The number of esters is 1. The van der Waals surface area contributed by atoms with E-state index in [4.69, 9.17) is 9.47 Å². The molecule has 0 saturated carbocycles. The molecule has 0 saturated heterocycles. The SMILES string of the molecule is Cc1ccccc1OCCC(=O)OCC(=O)Nc1ccc(S(=O)(=O)C(F)F)cc1. The lowest BCUT2D eigenvalue weighted by molar-refractivity contribution is -0.147. The second-order valence-electron chi connectivity index (χ2n) is 5.90. The topological polar surface area (TPSA) is 98.8 Å². The van der Waals surface area contributed by atoms with Crippen LogP contribution in [0.5, 0.6) is 5.75 Å².